The van der Waals surface area contributed by atoms with Crippen LogP contribution in [0.3, 0.4) is 0 Å². The fourth-order valence-corrected chi connectivity index (χ4v) is 5.68. The van der Waals surface area contributed by atoms with Gasteiger partial charge in [-0.25, -0.2) is 0 Å². The van der Waals surface area contributed by atoms with E-state index >= 15 is 0 Å². The van der Waals surface area contributed by atoms with Gasteiger partial charge in [0.05, 0.1) is 0 Å². The van der Waals surface area contributed by atoms with Gasteiger partial charge in [0, 0.05) is 26.9 Å². The molecule has 45 heavy (non-hydrogen) atoms. The van der Waals surface area contributed by atoms with E-state index in [0.717, 1.165) is 21.6 Å². The maximum atomic E-state index is 13.6. The molecule has 0 saturated carbocycles. The number of nitrogens with one attached hydrogen (secondary N) is 3. The van der Waals surface area contributed by atoms with E-state index in [0.29, 0.717) is 22.0 Å². The van der Waals surface area contributed by atoms with Crippen LogP contribution in [0.25, 0.3) is 6.08 Å². The average Bonchev–Trinajstić information content (AvgIpc) is 3.06. The normalized spacial score (nSPS) is 11.7. The number of carbonyl (C=O) groups is 3. The minimum atomic E-state index is -0.575. The molecular formula is C37H30ClN3O3S. The zero-order valence-corrected chi connectivity index (χ0v) is 25.9. The lowest BCUT2D eigenvalue weighted by molar-refractivity contribution is -0.116. The number of benzene rings is 5. The zero-order valence-electron chi connectivity index (χ0n) is 24.4. The van der Waals surface area contributed by atoms with E-state index in [1.165, 1.54) is 11.8 Å². The van der Waals surface area contributed by atoms with Crippen molar-refractivity contribution in [3.8, 4) is 0 Å². The van der Waals surface area contributed by atoms with Gasteiger partial charge < -0.3 is 16.0 Å². The first kappa shape index (κ1) is 31.3. The highest BCUT2D eigenvalue weighted by Crippen LogP contribution is 2.37. The van der Waals surface area contributed by atoms with Gasteiger partial charge in [0.15, 0.2) is 0 Å². The number of anilines is 2. The molecule has 0 aliphatic rings. The molecule has 0 aliphatic carbocycles. The third-order valence-corrected chi connectivity index (χ3v) is 8.32. The van der Waals surface area contributed by atoms with Gasteiger partial charge in [0.1, 0.15) is 10.9 Å². The Bertz CT molecular complexity index is 1830. The van der Waals surface area contributed by atoms with Crippen LogP contribution in [0.2, 0.25) is 5.02 Å². The first-order valence-corrected chi connectivity index (χ1v) is 15.4. The van der Waals surface area contributed by atoms with Crippen molar-refractivity contribution in [1.82, 2.24) is 5.32 Å². The van der Waals surface area contributed by atoms with E-state index in [9.17, 15) is 14.4 Å². The molecule has 0 spiro atoms. The predicted octanol–water partition coefficient (Wildman–Crippen LogP) is 8.53. The Kier molecular flexibility index (Phi) is 10.5. The van der Waals surface area contributed by atoms with Gasteiger partial charge in [-0.15, -0.1) is 11.8 Å². The Labute approximate surface area is 271 Å². The molecule has 6 nitrogen and oxygen atoms in total. The highest BCUT2D eigenvalue weighted by molar-refractivity contribution is 8.00. The molecule has 5 aromatic rings. The molecule has 0 bridgehead atoms. The Balaban J connectivity index is 1.38. The SMILES string of the molecule is Cc1ccccc1/C=C(\NC(=O)c1ccccc1)C(=O)Nc1cccc(SC(C(=O)Nc2ccc(Cl)cc2)c2ccccc2)c1. The van der Waals surface area contributed by atoms with Crippen LogP contribution in [-0.2, 0) is 9.59 Å². The molecule has 0 heterocycles. The smallest absolute Gasteiger partial charge is 0.272 e. The van der Waals surface area contributed by atoms with Crippen molar-refractivity contribution in [2.75, 3.05) is 10.6 Å². The summed E-state index contributed by atoms with van der Waals surface area (Å²) in [5.74, 6) is -1.08. The van der Waals surface area contributed by atoms with Crippen molar-refractivity contribution in [1.29, 1.82) is 0 Å². The first-order chi connectivity index (χ1) is 21.9. The molecule has 0 saturated heterocycles. The van der Waals surface area contributed by atoms with Gasteiger partial charge in [0.2, 0.25) is 5.91 Å². The van der Waals surface area contributed by atoms with Gasteiger partial charge in [0.25, 0.3) is 11.8 Å². The number of aryl methyl sites for hydroxylation is 1. The Morgan fingerprint density at radius 3 is 2.09 bits per heavy atom. The van der Waals surface area contributed by atoms with Crippen molar-refractivity contribution in [3.63, 3.8) is 0 Å². The molecule has 0 fully saturated rings. The predicted molar refractivity (Wildman–Crippen MR) is 183 cm³/mol. The minimum absolute atomic E-state index is 0.0979. The Morgan fingerprint density at radius 2 is 1.38 bits per heavy atom. The molecule has 5 aromatic carbocycles. The van der Waals surface area contributed by atoms with Gasteiger partial charge in [-0.2, -0.15) is 0 Å². The number of rotatable bonds is 10. The number of halogens is 1. The quantitative estimate of drug-likeness (QED) is 0.106. The number of thioether (sulfide) groups is 1. The molecular weight excluding hydrogens is 602 g/mol. The van der Waals surface area contributed by atoms with E-state index in [2.05, 4.69) is 16.0 Å². The summed E-state index contributed by atoms with van der Waals surface area (Å²) in [5.41, 5.74) is 4.27. The maximum Gasteiger partial charge on any atom is 0.272 e. The lowest BCUT2D eigenvalue weighted by Crippen LogP contribution is -2.30. The lowest BCUT2D eigenvalue weighted by Gasteiger charge is -2.18. The molecule has 0 radical (unpaired) electrons. The fourth-order valence-electron chi connectivity index (χ4n) is 4.47. The van der Waals surface area contributed by atoms with E-state index in [1.54, 1.807) is 66.7 Å². The van der Waals surface area contributed by atoms with Crippen LogP contribution in [0.15, 0.2) is 144 Å². The van der Waals surface area contributed by atoms with E-state index < -0.39 is 17.1 Å². The van der Waals surface area contributed by atoms with Crippen molar-refractivity contribution in [2.45, 2.75) is 17.1 Å². The third kappa shape index (κ3) is 8.72. The van der Waals surface area contributed by atoms with Gasteiger partial charge >= 0.3 is 0 Å². The fraction of sp³-hybridized carbons (Fsp3) is 0.0541. The van der Waals surface area contributed by atoms with Crippen LogP contribution in [0.4, 0.5) is 11.4 Å². The number of hydrogen-bond acceptors (Lipinski definition) is 4. The van der Waals surface area contributed by atoms with Gasteiger partial charge in [-0.1, -0.05) is 90.5 Å². The average molecular weight is 632 g/mol. The minimum Gasteiger partial charge on any atom is -0.325 e. The summed E-state index contributed by atoms with van der Waals surface area (Å²) in [4.78, 5) is 40.9. The summed E-state index contributed by atoms with van der Waals surface area (Å²) in [6.07, 6.45) is 1.66. The second-order valence-corrected chi connectivity index (χ2v) is 11.7. The van der Waals surface area contributed by atoms with Crippen LogP contribution in [0.5, 0.6) is 0 Å². The van der Waals surface area contributed by atoms with Crippen molar-refractivity contribution < 1.29 is 14.4 Å². The summed E-state index contributed by atoms with van der Waals surface area (Å²) < 4.78 is 0. The van der Waals surface area contributed by atoms with E-state index in [1.807, 2.05) is 79.7 Å². The molecule has 3 amide bonds. The first-order valence-electron chi connectivity index (χ1n) is 14.2. The molecule has 3 N–H and O–H groups in total. The summed E-state index contributed by atoms with van der Waals surface area (Å²) in [6, 6.07) is 40.0. The molecule has 0 aliphatic heterocycles. The number of carbonyl (C=O) groups excluding carboxylic acids is 3. The maximum absolute atomic E-state index is 13.6. The van der Waals surface area contributed by atoms with Gasteiger partial charge in [-0.3, -0.25) is 14.4 Å². The topological polar surface area (TPSA) is 87.3 Å². The summed E-state index contributed by atoms with van der Waals surface area (Å²) in [6.45, 7) is 1.94. The summed E-state index contributed by atoms with van der Waals surface area (Å²) >= 11 is 7.37. The van der Waals surface area contributed by atoms with Crippen LogP contribution in [0, 0.1) is 6.92 Å². The largest absolute Gasteiger partial charge is 0.325 e. The molecule has 8 heteroatoms. The zero-order chi connectivity index (χ0) is 31.6. The van der Waals surface area contributed by atoms with E-state index in [4.69, 9.17) is 11.6 Å². The van der Waals surface area contributed by atoms with Crippen LogP contribution >= 0.6 is 23.4 Å². The molecule has 1 unspecified atom stereocenters. The summed E-state index contributed by atoms with van der Waals surface area (Å²) in [5, 5.41) is 8.68. The molecule has 1 atom stereocenters. The van der Waals surface area contributed by atoms with E-state index in [-0.39, 0.29) is 11.6 Å². The second-order valence-electron chi connectivity index (χ2n) is 10.1. The van der Waals surface area contributed by atoms with Crippen molar-refractivity contribution in [2.24, 2.45) is 0 Å². The Morgan fingerprint density at radius 1 is 0.711 bits per heavy atom. The van der Waals surface area contributed by atoms with Crippen molar-refractivity contribution in [3.05, 3.63) is 166 Å². The highest BCUT2D eigenvalue weighted by Gasteiger charge is 2.23. The Hall–Kier alpha value is -5.11. The molecule has 5 rings (SSSR count). The van der Waals surface area contributed by atoms with Crippen LogP contribution in [-0.4, -0.2) is 17.7 Å². The monoisotopic (exact) mass is 631 g/mol. The molecule has 224 valence electrons. The lowest BCUT2D eigenvalue weighted by atomic mass is 10.1. The summed E-state index contributed by atoms with van der Waals surface area (Å²) in [7, 11) is 0. The van der Waals surface area contributed by atoms with Crippen molar-refractivity contribution >= 4 is 58.5 Å². The standard InChI is InChI=1S/C37H30ClN3O3S/c1-25-11-8-9-16-28(25)23-33(41-35(42)27-14-6-3-7-15-27)36(43)40-31-17-10-18-32(24-31)45-34(26-12-4-2-5-13-26)37(44)39-30-21-19-29(38)20-22-30/h2-24,34H,1H3,(H,39,44)(H,40,43)(H,41,42)/b33-23-. The number of hydrogen-bond donors (Lipinski definition) is 3. The number of amides is 3. The highest BCUT2D eigenvalue weighted by atomic mass is 35.5. The van der Waals surface area contributed by atoms with Crippen LogP contribution in [0.1, 0.15) is 32.3 Å². The molecule has 0 aromatic heterocycles. The third-order valence-electron chi connectivity index (χ3n) is 6.82. The second kappa shape index (κ2) is 15.1. The van der Waals surface area contributed by atoms with Gasteiger partial charge in [-0.05, 0) is 84.3 Å². The van der Waals surface area contributed by atoms with Crippen LogP contribution < -0.4 is 16.0 Å².